The molecule has 1 atom stereocenters. The number of piperazine rings is 1. The highest BCUT2D eigenvalue weighted by atomic mass is 19.1. The van der Waals surface area contributed by atoms with Crippen LogP contribution < -0.4 is 10.6 Å². The summed E-state index contributed by atoms with van der Waals surface area (Å²) in [5, 5.41) is 15.4. The molecule has 1 unspecified atom stereocenters. The zero-order chi connectivity index (χ0) is 22.0. The van der Waals surface area contributed by atoms with Crippen molar-refractivity contribution in [2.75, 3.05) is 25.0 Å². The van der Waals surface area contributed by atoms with Crippen LogP contribution >= 0.6 is 0 Å². The lowest BCUT2D eigenvalue weighted by atomic mass is 10.00. The largest absolute Gasteiger partial charge is 0.353 e. The lowest BCUT2D eigenvalue weighted by molar-refractivity contribution is -0.132. The summed E-state index contributed by atoms with van der Waals surface area (Å²) < 4.78 is 15.1. The summed E-state index contributed by atoms with van der Waals surface area (Å²) in [6, 6.07) is 7.65. The summed E-state index contributed by atoms with van der Waals surface area (Å²) in [7, 11) is 0. The molecule has 7 nitrogen and oxygen atoms in total. The number of aromatic nitrogens is 1. The summed E-state index contributed by atoms with van der Waals surface area (Å²) >= 11 is 0. The van der Waals surface area contributed by atoms with E-state index in [0.717, 1.165) is 11.3 Å². The Bertz CT molecular complexity index is 1000. The number of hydrogen-bond donors (Lipinski definition) is 2. The molecular weight excluding hydrogens is 385 g/mol. The van der Waals surface area contributed by atoms with Gasteiger partial charge >= 0.3 is 0 Å². The van der Waals surface area contributed by atoms with Gasteiger partial charge in [0.1, 0.15) is 17.7 Å². The molecule has 0 spiro atoms. The molecule has 1 aromatic carbocycles. The van der Waals surface area contributed by atoms with Crippen molar-refractivity contribution in [2.45, 2.75) is 33.7 Å². The Morgan fingerprint density at radius 3 is 2.60 bits per heavy atom. The first-order valence-electron chi connectivity index (χ1n) is 9.94. The van der Waals surface area contributed by atoms with Gasteiger partial charge in [-0.1, -0.05) is 13.8 Å². The Morgan fingerprint density at radius 2 is 2.00 bits per heavy atom. The van der Waals surface area contributed by atoms with Crippen LogP contribution in [0.1, 0.15) is 30.7 Å². The van der Waals surface area contributed by atoms with Crippen LogP contribution in [-0.2, 0) is 9.59 Å². The molecule has 1 saturated heterocycles. The average molecular weight is 411 g/mol. The molecule has 1 aromatic heterocycles. The molecule has 2 amide bonds. The van der Waals surface area contributed by atoms with Crippen molar-refractivity contribution in [3.05, 3.63) is 46.9 Å². The predicted octanol–water partition coefficient (Wildman–Crippen LogP) is 2.50. The van der Waals surface area contributed by atoms with E-state index in [0.29, 0.717) is 30.2 Å². The van der Waals surface area contributed by atoms with Crippen LogP contribution in [-0.4, -0.2) is 47.0 Å². The third-order valence-corrected chi connectivity index (χ3v) is 5.51. The fourth-order valence-electron chi connectivity index (χ4n) is 3.96. The van der Waals surface area contributed by atoms with E-state index < -0.39 is 0 Å². The normalized spacial score (nSPS) is 17.0. The van der Waals surface area contributed by atoms with Crippen molar-refractivity contribution in [3.63, 3.8) is 0 Å². The van der Waals surface area contributed by atoms with Crippen LogP contribution in [0.25, 0.3) is 5.69 Å². The fraction of sp³-hybridized carbons (Fsp3) is 0.409. The molecule has 0 aliphatic carbocycles. The molecule has 8 heteroatoms. The Balaban J connectivity index is 1.91. The Morgan fingerprint density at radius 1 is 1.33 bits per heavy atom. The molecule has 1 aliphatic heterocycles. The van der Waals surface area contributed by atoms with E-state index >= 15 is 0 Å². The molecule has 30 heavy (non-hydrogen) atoms. The van der Waals surface area contributed by atoms with Gasteiger partial charge in [0.25, 0.3) is 0 Å². The van der Waals surface area contributed by atoms with E-state index in [4.69, 9.17) is 0 Å². The third kappa shape index (κ3) is 4.07. The molecule has 0 saturated carbocycles. The number of carbonyl (C=O) groups excluding carboxylic acids is 2. The van der Waals surface area contributed by atoms with Gasteiger partial charge in [0, 0.05) is 24.5 Å². The maximum atomic E-state index is 13.4. The molecule has 2 heterocycles. The highest BCUT2D eigenvalue weighted by Crippen LogP contribution is 2.30. The smallest absolute Gasteiger partial charge is 0.239 e. The van der Waals surface area contributed by atoms with Gasteiger partial charge in [-0.3, -0.25) is 19.1 Å². The van der Waals surface area contributed by atoms with E-state index in [-0.39, 0.29) is 36.1 Å². The quantitative estimate of drug-likeness (QED) is 0.791. The number of nitrogens with zero attached hydrogens (tertiary/aromatic N) is 3. The Kier molecular flexibility index (Phi) is 6.22. The number of carbonyl (C=O) groups is 2. The van der Waals surface area contributed by atoms with Gasteiger partial charge in [0.15, 0.2) is 0 Å². The first-order chi connectivity index (χ1) is 14.2. The molecule has 0 radical (unpaired) electrons. The van der Waals surface area contributed by atoms with Gasteiger partial charge in [0.2, 0.25) is 11.8 Å². The van der Waals surface area contributed by atoms with Crippen LogP contribution in [0.3, 0.4) is 0 Å². The Hall–Kier alpha value is -3.18. The Labute approximate surface area is 175 Å². The number of anilines is 1. The lowest BCUT2D eigenvalue weighted by Crippen LogP contribution is -2.58. The van der Waals surface area contributed by atoms with Gasteiger partial charge in [-0.2, -0.15) is 5.26 Å². The zero-order valence-corrected chi connectivity index (χ0v) is 17.6. The van der Waals surface area contributed by atoms with E-state index in [1.807, 2.05) is 32.6 Å². The van der Waals surface area contributed by atoms with Crippen molar-refractivity contribution in [1.82, 2.24) is 14.8 Å². The van der Waals surface area contributed by atoms with Crippen molar-refractivity contribution in [2.24, 2.45) is 5.92 Å². The van der Waals surface area contributed by atoms with Gasteiger partial charge < -0.3 is 10.6 Å². The first kappa shape index (κ1) is 21.5. The predicted molar refractivity (Wildman–Crippen MR) is 112 cm³/mol. The second-order valence-corrected chi connectivity index (χ2v) is 7.86. The van der Waals surface area contributed by atoms with E-state index in [9.17, 15) is 19.2 Å². The minimum absolute atomic E-state index is 0.0355. The van der Waals surface area contributed by atoms with Crippen molar-refractivity contribution >= 4 is 17.6 Å². The van der Waals surface area contributed by atoms with Crippen LogP contribution in [0.5, 0.6) is 0 Å². The highest BCUT2D eigenvalue weighted by molar-refractivity contribution is 5.94. The van der Waals surface area contributed by atoms with E-state index in [1.54, 1.807) is 16.7 Å². The van der Waals surface area contributed by atoms with Crippen molar-refractivity contribution in [3.8, 4) is 11.8 Å². The second-order valence-electron chi connectivity index (χ2n) is 7.86. The second kappa shape index (κ2) is 8.67. The van der Waals surface area contributed by atoms with Crippen LogP contribution in [0.15, 0.2) is 24.3 Å². The number of amides is 2. The van der Waals surface area contributed by atoms with Gasteiger partial charge in [-0.15, -0.1) is 0 Å². The summed E-state index contributed by atoms with van der Waals surface area (Å²) in [4.78, 5) is 27.0. The molecule has 1 aliphatic rings. The maximum Gasteiger partial charge on any atom is 0.239 e. The molecule has 0 bridgehead atoms. The molecule has 2 N–H and O–H groups in total. The molecule has 3 rings (SSSR count). The SMILES string of the molecule is Cc1c(C#N)c(NC(=O)CN2CCNC(=O)C2C(C)C)n(-c2ccc(F)cc2)c1C. The van der Waals surface area contributed by atoms with Gasteiger partial charge in [-0.05, 0) is 49.6 Å². The number of rotatable bonds is 5. The van der Waals surface area contributed by atoms with Gasteiger partial charge in [0.05, 0.1) is 18.2 Å². The van der Waals surface area contributed by atoms with E-state index in [1.165, 1.54) is 12.1 Å². The number of nitrogens with one attached hydrogen (secondary N) is 2. The van der Waals surface area contributed by atoms with Crippen molar-refractivity contribution < 1.29 is 14.0 Å². The number of benzene rings is 1. The van der Waals surface area contributed by atoms with Gasteiger partial charge in [-0.25, -0.2) is 4.39 Å². The zero-order valence-electron chi connectivity index (χ0n) is 17.6. The number of hydrogen-bond acceptors (Lipinski definition) is 4. The molecular formula is C22H26FN5O2. The fourth-order valence-corrected chi connectivity index (χ4v) is 3.96. The maximum absolute atomic E-state index is 13.4. The topological polar surface area (TPSA) is 90.2 Å². The standard InChI is InChI=1S/C22H26FN5O2/c1-13(2)20-22(30)25-9-10-27(20)12-19(29)26-21-18(11-24)14(3)15(4)28(21)17-7-5-16(23)6-8-17/h5-8,13,20H,9-10,12H2,1-4H3,(H,25,30)(H,26,29). The minimum Gasteiger partial charge on any atom is -0.353 e. The third-order valence-electron chi connectivity index (χ3n) is 5.51. The van der Waals surface area contributed by atoms with Crippen molar-refractivity contribution in [1.29, 1.82) is 5.26 Å². The van der Waals surface area contributed by atoms with Crippen LogP contribution in [0.4, 0.5) is 10.2 Å². The molecule has 158 valence electrons. The first-order valence-corrected chi connectivity index (χ1v) is 9.94. The van der Waals surface area contributed by atoms with E-state index in [2.05, 4.69) is 16.7 Å². The summed E-state index contributed by atoms with van der Waals surface area (Å²) in [5.41, 5.74) is 2.54. The summed E-state index contributed by atoms with van der Waals surface area (Å²) in [6.45, 7) is 8.65. The number of halogens is 1. The van der Waals surface area contributed by atoms with Crippen LogP contribution in [0.2, 0.25) is 0 Å². The molecule has 2 aromatic rings. The van der Waals surface area contributed by atoms with Crippen LogP contribution in [0, 0.1) is 36.9 Å². The number of nitriles is 1. The monoisotopic (exact) mass is 411 g/mol. The summed E-state index contributed by atoms with van der Waals surface area (Å²) in [5.74, 6) is -0.350. The molecule has 1 fully saturated rings. The highest BCUT2D eigenvalue weighted by Gasteiger charge is 2.33. The summed E-state index contributed by atoms with van der Waals surface area (Å²) in [6.07, 6.45) is 0. The lowest BCUT2D eigenvalue weighted by Gasteiger charge is -2.36. The average Bonchev–Trinajstić information content (AvgIpc) is 2.92. The minimum atomic E-state index is -0.382.